The second kappa shape index (κ2) is 8.81. The van der Waals surface area contributed by atoms with Gasteiger partial charge in [0.25, 0.3) is 0 Å². The van der Waals surface area contributed by atoms with E-state index in [1.807, 2.05) is 42.5 Å². The van der Waals surface area contributed by atoms with Crippen LogP contribution in [0.1, 0.15) is 22.4 Å². The monoisotopic (exact) mass is 418 g/mol. The Hall–Kier alpha value is -4.32. The molecular formula is C26H22N6. The van der Waals surface area contributed by atoms with Gasteiger partial charge in [-0.05, 0) is 47.0 Å². The number of hydrogen-bond donors (Lipinski definition) is 2. The maximum Gasteiger partial charge on any atom is 0.158 e. The quantitative estimate of drug-likeness (QED) is 0.519. The zero-order valence-electron chi connectivity index (χ0n) is 17.4. The Morgan fingerprint density at radius 2 is 1.69 bits per heavy atom. The molecule has 156 valence electrons. The molecule has 2 aromatic heterocycles. The van der Waals surface area contributed by atoms with Gasteiger partial charge in [0.05, 0.1) is 18.8 Å². The minimum atomic E-state index is 0.467. The van der Waals surface area contributed by atoms with Gasteiger partial charge in [0.2, 0.25) is 0 Å². The number of aliphatic imine (C=N–C) groups is 2. The number of anilines is 1. The smallest absolute Gasteiger partial charge is 0.158 e. The number of nitrogens with two attached hydrogens (primary N) is 1. The summed E-state index contributed by atoms with van der Waals surface area (Å²) in [5.74, 6) is 1.83. The number of hydrogen-bond acceptors (Lipinski definition) is 6. The fourth-order valence-corrected chi connectivity index (χ4v) is 3.63. The second-order valence-corrected chi connectivity index (χ2v) is 7.49. The molecule has 4 aromatic rings. The van der Waals surface area contributed by atoms with E-state index < -0.39 is 0 Å². The Labute approximate surface area is 186 Å². The first kappa shape index (κ1) is 19.6. The van der Waals surface area contributed by atoms with E-state index in [0.29, 0.717) is 24.7 Å². The van der Waals surface area contributed by atoms with Gasteiger partial charge in [-0.1, -0.05) is 48.5 Å². The van der Waals surface area contributed by atoms with Crippen molar-refractivity contribution in [2.75, 3.05) is 5.73 Å². The number of amidine groups is 2. The van der Waals surface area contributed by atoms with E-state index in [-0.39, 0.29) is 0 Å². The Kier molecular flexibility index (Phi) is 5.41. The van der Waals surface area contributed by atoms with Crippen LogP contribution in [0.25, 0.3) is 11.1 Å². The molecule has 5 rings (SSSR count). The van der Waals surface area contributed by atoms with Crippen LogP contribution in [-0.2, 0) is 13.1 Å². The van der Waals surface area contributed by atoms with E-state index in [0.717, 1.165) is 39.3 Å². The molecule has 0 amide bonds. The van der Waals surface area contributed by atoms with E-state index >= 15 is 0 Å². The van der Waals surface area contributed by atoms with E-state index in [9.17, 15) is 0 Å². The van der Waals surface area contributed by atoms with Gasteiger partial charge in [-0.2, -0.15) is 0 Å². The first-order valence-corrected chi connectivity index (χ1v) is 10.4. The number of nitrogen functional groups attached to an aromatic ring is 1. The molecule has 0 atom stereocenters. The highest BCUT2D eigenvalue weighted by Crippen LogP contribution is 2.27. The van der Waals surface area contributed by atoms with Crippen LogP contribution in [0.2, 0.25) is 0 Å². The number of pyridine rings is 2. The summed E-state index contributed by atoms with van der Waals surface area (Å²) in [5.41, 5.74) is 11.9. The van der Waals surface area contributed by atoms with E-state index in [1.165, 1.54) is 0 Å². The predicted octanol–water partition coefficient (Wildman–Crippen LogP) is 4.22. The van der Waals surface area contributed by atoms with Crippen molar-refractivity contribution in [2.24, 2.45) is 9.98 Å². The van der Waals surface area contributed by atoms with Gasteiger partial charge < -0.3 is 11.1 Å². The third-order valence-corrected chi connectivity index (χ3v) is 5.26. The molecule has 1 aliphatic rings. The van der Waals surface area contributed by atoms with Crippen molar-refractivity contribution >= 4 is 17.5 Å². The highest BCUT2D eigenvalue weighted by Gasteiger charge is 2.17. The number of rotatable bonds is 4. The van der Waals surface area contributed by atoms with Crippen molar-refractivity contribution in [2.45, 2.75) is 13.1 Å². The maximum atomic E-state index is 5.78. The Morgan fingerprint density at radius 1 is 0.812 bits per heavy atom. The first-order valence-electron chi connectivity index (χ1n) is 10.4. The minimum Gasteiger partial charge on any atom is -0.384 e. The van der Waals surface area contributed by atoms with Gasteiger partial charge in [0, 0.05) is 23.5 Å². The molecule has 3 heterocycles. The lowest BCUT2D eigenvalue weighted by Gasteiger charge is -2.18. The van der Waals surface area contributed by atoms with Gasteiger partial charge in [0.15, 0.2) is 5.84 Å². The van der Waals surface area contributed by atoms with Crippen LogP contribution in [0.4, 0.5) is 5.82 Å². The van der Waals surface area contributed by atoms with Crippen molar-refractivity contribution in [3.05, 3.63) is 114 Å². The normalized spacial score (nSPS) is 16.1. The lowest BCUT2D eigenvalue weighted by atomic mass is 9.96. The molecule has 3 N–H and O–H groups in total. The third-order valence-electron chi connectivity index (χ3n) is 5.26. The summed E-state index contributed by atoms with van der Waals surface area (Å²) >= 11 is 0. The summed E-state index contributed by atoms with van der Waals surface area (Å²) < 4.78 is 0. The van der Waals surface area contributed by atoms with Gasteiger partial charge in [-0.15, -0.1) is 0 Å². The van der Waals surface area contributed by atoms with Crippen molar-refractivity contribution in [1.82, 2.24) is 15.3 Å². The van der Waals surface area contributed by atoms with Crippen LogP contribution in [0.5, 0.6) is 0 Å². The van der Waals surface area contributed by atoms with Crippen LogP contribution in [0.3, 0.4) is 0 Å². The van der Waals surface area contributed by atoms with E-state index in [1.54, 1.807) is 18.5 Å². The predicted molar refractivity (Wildman–Crippen MR) is 128 cm³/mol. The maximum absolute atomic E-state index is 5.78. The number of aromatic nitrogens is 2. The summed E-state index contributed by atoms with van der Waals surface area (Å²) in [6.07, 6.45) is 3.50. The second-order valence-electron chi connectivity index (χ2n) is 7.49. The standard InChI is InChI=1S/C26H22N6/c27-24-12-10-20(16-29-24)25-30-15-18-9-11-22(19-6-2-1-3-7-19)23(14-18)26(32-25)31-17-21-8-4-5-13-28-21/h1-14,16H,15,17H2,(H2,27,29)(H,30,31,32). The Balaban J connectivity index is 1.61. The summed E-state index contributed by atoms with van der Waals surface area (Å²) in [6, 6.07) is 26.3. The van der Waals surface area contributed by atoms with E-state index in [4.69, 9.17) is 15.7 Å². The van der Waals surface area contributed by atoms with Gasteiger partial charge in [-0.3, -0.25) is 9.98 Å². The van der Waals surface area contributed by atoms with E-state index in [2.05, 4.69) is 45.6 Å². The third kappa shape index (κ3) is 4.25. The van der Waals surface area contributed by atoms with Crippen LogP contribution in [0.15, 0.2) is 101 Å². The highest BCUT2D eigenvalue weighted by atomic mass is 15.0. The first-order chi connectivity index (χ1) is 15.8. The molecule has 0 fully saturated rings. The fraction of sp³-hybridized carbons (Fsp3) is 0.0769. The fourth-order valence-electron chi connectivity index (χ4n) is 3.63. The van der Waals surface area contributed by atoms with Crippen molar-refractivity contribution in [3.8, 4) is 11.1 Å². The van der Waals surface area contributed by atoms with Crippen LogP contribution in [0, 0.1) is 0 Å². The van der Waals surface area contributed by atoms with Gasteiger partial charge >= 0.3 is 0 Å². The molecule has 2 aromatic carbocycles. The number of fused-ring (bicyclic) bond motifs is 2. The topological polar surface area (TPSA) is 88.5 Å². The summed E-state index contributed by atoms with van der Waals surface area (Å²) in [4.78, 5) is 18.4. The number of nitrogens with zero attached hydrogens (tertiary/aromatic N) is 4. The molecule has 0 unspecified atom stereocenters. The average Bonchev–Trinajstić information content (AvgIpc) is 2.84. The Bertz CT molecular complexity index is 1280. The number of nitrogens with one attached hydrogen (secondary N) is 1. The van der Waals surface area contributed by atoms with Crippen molar-refractivity contribution in [1.29, 1.82) is 0 Å². The molecule has 0 spiro atoms. The lowest BCUT2D eigenvalue weighted by molar-refractivity contribution is 0.873. The van der Waals surface area contributed by atoms with Gasteiger partial charge in [-0.25, -0.2) is 9.98 Å². The van der Waals surface area contributed by atoms with Crippen molar-refractivity contribution < 1.29 is 0 Å². The SMILES string of the molecule is Nc1ccc(C2=N/Cc3ccc(-c4ccccc4)c(c3)/C(NCc3ccccn3)=N\2)cn1. The summed E-state index contributed by atoms with van der Waals surface area (Å²) in [5, 5.41) is 3.50. The molecule has 0 radical (unpaired) electrons. The molecule has 0 saturated heterocycles. The zero-order chi connectivity index (χ0) is 21.8. The van der Waals surface area contributed by atoms with Gasteiger partial charge in [0.1, 0.15) is 11.7 Å². The van der Waals surface area contributed by atoms with Crippen LogP contribution in [-0.4, -0.2) is 21.6 Å². The number of benzene rings is 2. The molecule has 6 heteroatoms. The molecule has 0 aliphatic carbocycles. The van der Waals surface area contributed by atoms with Crippen molar-refractivity contribution in [3.63, 3.8) is 0 Å². The molecule has 6 nitrogen and oxygen atoms in total. The molecule has 32 heavy (non-hydrogen) atoms. The molecule has 2 bridgehead atoms. The summed E-state index contributed by atoms with van der Waals surface area (Å²) in [7, 11) is 0. The molecule has 1 aliphatic heterocycles. The largest absolute Gasteiger partial charge is 0.384 e. The van der Waals surface area contributed by atoms with Crippen LogP contribution < -0.4 is 11.1 Å². The average molecular weight is 419 g/mol. The lowest BCUT2D eigenvalue weighted by Crippen LogP contribution is -2.27. The molecular weight excluding hydrogens is 396 g/mol. The zero-order valence-corrected chi connectivity index (χ0v) is 17.4. The Morgan fingerprint density at radius 3 is 2.47 bits per heavy atom. The highest BCUT2D eigenvalue weighted by molar-refractivity contribution is 6.14. The summed E-state index contributed by atoms with van der Waals surface area (Å²) in [6.45, 7) is 1.09. The molecule has 0 saturated carbocycles. The van der Waals surface area contributed by atoms with Crippen LogP contribution >= 0.6 is 0 Å². The minimum absolute atomic E-state index is 0.467.